The molecule has 3 nitrogen and oxygen atoms in total. The van der Waals surface area contributed by atoms with Crippen LogP contribution in [-0.2, 0) is 11.3 Å². The zero-order valence-corrected chi connectivity index (χ0v) is 12.2. The van der Waals surface area contributed by atoms with Crippen LogP contribution in [0.3, 0.4) is 0 Å². The fourth-order valence-electron chi connectivity index (χ4n) is 2.50. The number of anilines is 1. The highest BCUT2D eigenvalue weighted by Crippen LogP contribution is 2.30. The predicted molar refractivity (Wildman–Crippen MR) is 88.1 cm³/mol. The van der Waals surface area contributed by atoms with Crippen molar-refractivity contribution >= 4 is 16.6 Å². The van der Waals surface area contributed by atoms with Gasteiger partial charge in [0, 0.05) is 34.5 Å². The van der Waals surface area contributed by atoms with Gasteiger partial charge in [-0.15, -0.1) is 0 Å². The molecule has 3 N–H and O–H groups in total. The van der Waals surface area contributed by atoms with Gasteiger partial charge in [-0.25, -0.2) is 0 Å². The minimum Gasteiger partial charge on any atom is -0.398 e. The highest BCUT2D eigenvalue weighted by atomic mass is 16.5. The van der Waals surface area contributed by atoms with E-state index in [1.165, 1.54) is 0 Å². The van der Waals surface area contributed by atoms with E-state index in [2.05, 4.69) is 36.2 Å². The first-order chi connectivity index (χ1) is 10.3. The standard InChI is InChI=1S/C18H20N2O/c1-2-10-21-12-14-8-9-16-15(18(14)19)11-17(20-16)13-6-4-3-5-7-13/h3-9,11,20H,2,10,12,19H2,1H3. The van der Waals surface area contributed by atoms with E-state index in [1.807, 2.05) is 24.3 Å². The molecule has 0 atom stereocenters. The van der Waals surface area contributed by atoms with Gasteiger partial charge in [-0.1, -0.05) is 43.3 Å². The normalized spacial score (nSPS) is 11.1. The van der Waals surface area contributed by atoms with Gasteiger partial charge < -0.3 is 15.5 Å². The van der Waals surface area contributed by atoms with E-state index in [9.17, 15) is 0 Å². The Morgan fingerprint density at radius 3 is 2.67 bits per heavy atom. The van der Waals surface area contributed by atoms with Crippen LogP contribution in [0.15, 0.2) is 48.5 Å². The van der Waals surface area contributed by atoms with Gasteiger partial charge in [0.05, 0.1) is 6.61 Å². The molecule has 0 aliphatic heterocycles. The lowest BCUT2D eigenvalue weighted by atomic mass is 10.1. The van der Waals surface area contributed by atoms with Crippen LogP contribution in [-0.4, -0.2) is 11.6 Å². The number of fused-ring (bicyclic) bond motifs is 1. The maximum atomic E-state index is 6.29. The van der Waals surface area contributed by atoms with Crippen molar-refractivity contribution in [2.24, 2.45) is 0 Å². The van der Waals surface area contributed by atoms with Crippen molar-refractivity contribution in [1.29, 1.82) is 0 Å². The fourth-order valence-corrected chi connectivity index (χ4v) is 2.50. The number of aromatic amines is 1. The van der Waals surface area contributed by atoms with Crippen molar-refractivity contribution in [3.8, 4) is 11.3 Å². The quantitative estimate of drug-likeness (QED) is 0.539. The monoisotopic (exact) mass is 280 g/mol. The molecule has 3 rings (SSSR count). The molecule has 0 aliphatic carbocycles. The summed E-state index contributed by atoms with van der Waals surface area (Å²) in [6.45, 7) is 3.44. The van der Waals surface area contributed by atoms with Gasteiger partial charge in [0.1, 0.15) is 0 Å². The molecule has 3 heteroatoms. The van der Waals surface area contributed by atoms with Crippen LogP contribution in [0.5, 0.6) is 0 Å². The number of nitrogens with two attached hydrogens (primary N) is 1. The summed E-state index contributed by atoms with van der Waals surface area (Å²) in [4.78, 5) is 3.43. The summed E-state index contributed by atoms with van der Waals surface area (Å²) in [5, 5.41) is 1.06. The van der Waals surface area contributed by atoms with E-state index in [4.69, 9.17) is 10.5 Å². The van der Waals surface area contributed by atoms with Crippen LogP contribution in [0.2, 0.25) is 0 Å². The van der Waals surface area contributed by atoms with Gasteiger partial charge in [0.2, 0.25) is 0 Å². The summed E-state index contributed by atoms with van der Waals surface area (Å²) in [5.41, 5.74) is 11.5. The SMILES string of the molecule is CCCOCc1ccc2[nH]c(-c3ccccc3)cc2c1N. The molecule has 0 unspecified atom stereocenters. The van der Waals surface area contributed by atoms with Crippen LogP contribution in [0, 0.1) is 0 Å². The second-order valence-corrected chi connectivity index (χ2v) is 5.20. The lowest BCUT2D eigenvalue weighted by Gasteiger charge is -2.07. The van der Waals surface area contributed by atoms with E-state index in [0.717, 1.165) is 46.4 Å². The summed E-state index contributed by atoms with van der Waals surface area (Å²) in [7, 11) is 0. The zero-order valence-electron chi connectivity index (χ0n) is 12.2. The summed E-state index contributed by atoms with van der Waals surface area (Å²) in [6, 6.07) is 16.5. The lowest BCUT2D eigenvalue weighted by molar-refractivity contribution is 0.122. The van der Waals surface area contributed by atoms with Gasteiger partial charge >= 0.3 is 0 Å². The Labute approximate surface area is 124 Å². The molecule has 0 saturated heterocycles. The molecule has 0 radical (unpaired) electrons. The summed E-state index contributed by atoms with van der Waals surface area (Å²) in [6.07, 6.45) is 1.02. The van der Waals surface area contributed by atoms with Crippen molar-refractivity contribution in [3.63, 3.8) is 0 Å². The number of nitrogens with one attached hydrogen (secondary N) is 1. The Hall–Kier alpha value is -2.26. The highest BCUT2D eigenvalue weighted by Gasteiger charge is 2.09. The Morgan fingerprint density at radius 1 is 1.10 bits per heavy atom. The largest absolute Gasteiger partial charge is 0.398 e. The third-order valence-electron chi connectivity index (χ3n) is 3.63. The number of hydrogen-bond donors (Lipinski definition) is 2. The van der Waals surface area contributed by atoms with Gasteiger partial charge in [-0.05, 0) is 24.1 Å². The molecule has 2 aromatic carbocycles. The average Bonchev–Trinajstić information content (AvgIpc) is 2.96. The Balaban J connectivity index is 1.96. The average molecular weight is 280 g/mol. The Bertz CT molecular complexity index is 732. The van der Waals surface area contributed by atoms with Gasteiger partial charge in [-0.3, -0.25) is 0 Å². The third kappa shape index (κ3) is 2.78. The number of benzene rings is 2. The molecule has 1 aromatic heterocycles. The Kier molecular flexibility index (Phi) is 3.93. The molecule has 0 amide bonds. The van der Waals surface area contributed by atoms with Crippen LogP contribution >= 0.6 is 0 Å². The first kappa shape index (κ1) is 13.7. The van der Waals surface area contributed by atoms with Crippen molar-refractivity contribution in [2.45, 2.75) is 20.0 Å². The lowest BCUT2D eigenvalue weighted by Crippen LogP contribution is -1.99. The van der Waals surface area contributed by atoms with Crippen molar-refractivity contribution in [1.82, 2.24) is 4.98 Å². The van der Waals surface area contributed by atoms with Gasteiger partial charge in [-0.2, -0.15) is 0 Å². The number of rotatable bonds is 5. The minimum absolute atomic E-state index is 0.571. The molecule has 3 aromatic rings. The number of hydrogen-bond acceptors (Lipinski definition) is 2. The van der Waals surface area contributed by atoms with Crippen molar-refractivity contribution < 1.29 is 4.74 Å². The topological polar surface area (TPSA) is 51.0 Å². The molecule has 0 spiro atoms. The van der Waals surface area contributed by atoms with E-state index in [0.29, 0.717) is 6.61 Å². The van der Waals surface area contributed by atoms with Crippen LogP contribution < -0.4 is 5.73 Å². The molecule has 0 saturated carbocycles. The van der Waals surface area contributed by atoms with Crippen molar-refractivity contribution in [3.05, 3.63) is 54.1 Å². The number of nitrogen functional groups attached to an aromatic ring is 1. The summed E-state index contributed by atoms with van der Waals surface area (Å²) >= 11 is 0. The first-order valence-electron chi connectivity index (χ1n) is 7.33. The second-order valence-electron chi connectivity index (χ2n) is 5.20. The number of ether oxygens (including phenoxy) is 1. The molecule has 108 valence electrons. The van der Waals surface area contributed by atoms with E-state index < -0.39 is 0 Å². The number of aromatic nitrogens is 1. The second kappa shape index (κ2) is 6.02. The molecule has 0 aliphatic rings. The smallest absolute Gasteiger partial charge is 0.0737 e. The fraction of sp³-hybridized carbons (Fsp3) is 0.222. The van der Waals surface area contributed by atoms with Crippen LogP contribution in [0.25, 0.3) is 22.2 Å². The molecule has 0 fully saturated rings. The van der Waals surface area contributed by atoms with E-state index in [-0.39, 0.29) is 0 Å². The Morgan fingerprint density at radius 2 is 1.90 bits per heavy atom. The zero-order chi connectivity index (χ0) is 14.7. The van der Waals surface area contributed by atoms with Crippen molar-refractivity contribution in [2.75, 3.05) is 12.3 Å². The van der Waals surface area contributed by atoms with E-state index >= 15 is 0 Å². The highest BCUT2D eigenvalue weighted by molar-refractivity contribution is 5.96. The van der Waals surface area contributed by atoms with Crippen LogP contribution in [0.4, 0.5) is 5.69 Å². The molecule has 21 heavy (non-hydrogen) atoms. The first-order valence-corrected chi connectivity index (χ1v) is 7.33. The number of H-pyrrole nitrogens is 1. The maximum Gasteiger partial charge on any atom is 0.0737 e. The third-order valence-corrected chi connectivity index (χ3v) is 3.63. The van der Waals surface area contributed by atoms with Gasteiger partial charge in [0.15, 0.2) is 0 Å². The summed E-state index contributed by atoms with van der Waals surface area (Å²) in [5.74, 6) is 0. The predicted octanol–water partition coefficient (Wildman–Crippen LogP) is 4.34. The molecule has 0 bridgehead atoms. The molecular formula is C18H20N2O. The van der Waals surface area contributed by atoms with E-state index in [1.54, 1.807) is 0 Å². The minimum atomic E-state index is 0.571. The summed E-state index contributed by atoms with van der Waals surface area (Å²) < 4.78 is 5.60. The molecule has 1 heterocycles. The van der Waals surface area contributed by atoms with Gasteiger partial charge in [0.25, 0.3) is 0 Å². The molecular weight excluding hydrogens is 260 g/mol. The van der Waals surface area contributed by atoms with Crippen LogP contribution in [0.1, 0.15) is 18.9 Å². The maximum absolute atomic E-state index is 6.29.